The Bertz CT molecular complexity index is 661. The number of ether oxygens (including phenoxy) is 2. The summed E-state index contributed by atoms with van der Waals surface area (Å²) in [6.07, 6.45) is 3.99. The van der Waals surface area contributed by atoms with Crippen LogP contribution in [0, 0.1) is 0 Å². The van der Waals surface area contributed by atoms with Crippen molar-refractivity contribution in [3.63, 3.8) is 0 Å². The van der Waals surface area contributed by atoms with Crippen LogP contribution in [0.4, 0.5) is 0 Å². The molecule has 0 aliphatic carbocycles. The lowest BCUT2D eigenvalue weighted by Crippen LogP contribution is -2.27. The molecule has 0 radical (unpaired) electrons. The van der Waals surface area contributed by atoms with Crippen LogP contribution in [0.5, 0.6) is 11.5 Å². The van der Waals surface area contributed by atoms with E-state index in [1.807, 2.05) is 36.5 Å². The maximum Gasteiger partial charge on any atom is 0.231 e. The molecular formula is C17H19N3O3. The van der Waals surface area contributed by atoms with E-state index in [2.05, 4.69) is 15.6 Å². The summed E-state index contributed by atoms with van der Waals surface area (Å²) in [7, 11) is 0. The Hall–Kier alpha value is -2.60. The second kappa shape index (κ2) is 7.60. The van der Waals surface area contributed by atoms with Crippen molar-refractivity contribution in [3.05, 3.63) is 53.9 Å². The van der Waals surface area contributed by atoms with Crippen molar-refractivity contribution in [2.24, 2.45) is 0 Å². The molecule has 1 aliphatic heterocycles. The first-order valence-electron chi connectivity index (χ1n) is 7.56. The lowest BCUT2D eigenvalue weighted by Gasteiger charge is -2.07. The standard InChI is InChI=1S/C17H19N3O3/c21-17(5-7-19-10-14-2-1-6-18-9-14)20-11-13-3-4-15-16(8-13)23-12-22-15/h1-4,6,8-9,19H,5,7,10-12H2,(H,20,21). The molecule has 1 aromatic heterocycles. The van der Waals surface area contributed by atoms with Gasteiger partial charge in [-0.1, -0.05) is 12.1 Å². The van der Waals surface area contributed by atoms with Gasteiger partial charge in [0.15, 0.2) is 11.5 Å². The number of nitrogens with one attached hydrogen (secondary N) is 2. The Morgan fingerprint density at radius 1 is 1.13 bits per heavy atom. The predicted octanol–water partition coefficient (Wildman–Crippen LogP) is 1.61. The minimum Gasteiger partial charge on any atom is -0.454 e. The van der Waals surface area contributed by atoms with Gasteiger partial charge in [-0.15, -0.1) is 0 Å². The van der Waals surface area contributed by atoms with Crippen LogP contribution in [-0.2, 0) is 17.9 Å². The summed E-state index contributed by atoms with van der Waals surface area (Å²) in [4.78, 5) is 15.9. The van der Waals surface area contributed by atoms with Gasteiger partial charge in [-0.05, 0) is 29.3 Å². The maximum atomic E-state index is 11.8. The van der Waals surface area contributed by atoms with Gasteiger partial charge in [-0.25, -0.2) is 0 Å². The minimum absolute atomic E-state index is 0.0151. The molecule has 2 heterocycles. The second-order valence-electron chi connectivity index (χ2n) is 5.25. The molecule has 0 saturated heterocycles. The fourth-order valence-electron chi connectivity index (χ4n) is 2.28. The Morgan fingerprint density at radius 2 is 2.04 bits per heavy atom. The fraction of sp³-hybridized carbons (Fsp3) is 0.294. The summed E-state index contributed by atoms with van der Waals surface area (Å²) < 4.78 is 10.6. The van der Waals surface area contributed by atoms with Gasteiger partial charge in [0.05, 0.1) is 0 Å². The molecule has 0 atom stereocenters. The first-order valence-corrected chi connectivity index (χ1v) is 7.56. The number of aromatic nitrogens is 1. The zero-order chi connectivity index (χ0) is 15.9. The predicted molar refractivity (Wildman–Crippen MR) is 85.0 cm³/mol. The number of fused-ring (bicyclic) bond motifs is 1. The van der Waals surface area contributed by atoms with Gasteiger partial charge in [0, 0.05) is 38.4 Å². The van der Waals surface area contributed by atoms with Crippen molar-refractivity contribution in [2.75, 3.05) is 13.3 Å². The molecule has 0 saturated carbocycles. The quantitative estimate of drug-likeness (QED) is 0.760. The molecule has 2 aromatic rings. The Labute approximate surface area is 134 Å². The third-order valence-electron chi connectivity index (χ3n) is 3.51. The maximum absolute atomic E-state index is 11.8. The summed E-state index contributed by atoms with van der Waals surface area (Å²) >= 11 is 0. The minimum atomic E-state index is 0.0151. The second-order valence-corrected chi connectivity index (χ2v) is 5.25. The van der Waals surface area contributed by atoms with Crippen molar-refractivity contribution in [3.8, 4) is 11.5 Å². The summed E-state index contributed by atoms with van der Waals surface area (Å²) in [5.41, 5.74) is 2.10. The van der Waals surface area contributed by atoms with Crippen molar-refractivity contribution in [1.82, 2.24) is 15.6 Å². The average Bonchev–Trinajstić information content (AvgIpc) is 3.05. The van der Waals surface area contributed by atoms with E-state index < -0.39 is 0 Å². The Balaban J connectivity index is 1.35. The van der Waals surface area contributed by atoms with Gasteiger partial charge >= 0.3 is 0 Å². The molecule has 6 heteroatoms. The van der Waals surface area contributed by atoms with E-state index in [0.717, 1.165) is 22.6 Å². The zero-order valence-electron chi connectivity index (χ0n) is 12.7. The summed E-state index contributed by atoms with van der Waals surface area (Å²) in [6, 6.07) is 9.58. The highest BCUT2D eigenvalue weighted by molar-refractivity contribution is 5.76. The molecule has 120 valence electrons. The third-order valence-corrected chi connectivity index (χ3v) is 3.51. The molecule has 0 bridgehead atoms. The average molecular weight is 313 g/mol. The number of hydrogen-bond acceptors (Lipinski definition) is 5. The summed E-state index contributed by atoms with van der Waals surface area (Å²) in [5, 5.41) is 6.13. The lowest BCUT2D eigenvalue weighted by molar-refractivity contribution is -0.121. The number of carbonyl (C=O) groups is 1. The molecule has 0 unspecified atom stereocenters. The van der Waals surface area contributed by atoms with Gasteiger partial charge in [-0.2, -0.15) is 0 Å². The molecule has 2 N–H and O–H groups in total. The lowest BCUT2D eigenvalue weighted by atomic mass is 10.2. The molecule has 1 amide bonds. The van der Waals surface area contributed by atoms with E-state index in [9.17, 15) is 4.79 Å². The van der Waals surface area contributed by atoms with Crippen LogP contribution in [0.25, 0.3) is 0 Å². The molecule has 1 aromatic carbocycles. The van der Waals surface area contributed by atoms with Crippen molar-refractivity contribution in [1.29, 1.82) is 0 Å². The summed E-state index contributed by atoms with van der Waals surface area (Å²) in [5.74, 6) is 1.50. The van der Waals surface area contributed by atoms with Crippen LogP contribution in [0.3, 0.4) is 0 Å². The van der Waals surface area contributed by atoms with Gasteiger partial charge in [0.25, 0.3) is 0 Å². The van der Waals surface area contributed by atoms with Gasteiger partial charge in [0.2, 0.25) is 12.7 Å². The van der Waals surface area contributed by atoms with Crippen molar-refractivity contribution < 1.29 is 14.3 Å². The monoisotopic (exact) mass is 313 g/mol. The van der Waals surface area contributed by atoms with Crippen LogP contribution in [0.15, 0.2) is 42.7 Å². The Morgan fingerprint density at radius 3 is 2.91 bits per heavy atom. The van der Waals surface area contributed by atoms with E-state index in [1.54, 1.807) is 6.20 Å². The highest BCUT2D eigenvalue weighted by Crippen LogP contribution is 2.32. The smallest absolute Gasteiger partial charge is 0.231 e. The molecule has 0 fully saturated rings. The number of hydrogen-bond donors (Lipinski definition) is 2. The van der Waals surface area contributed by atoms with Crippen molar-refractivity contribution in [2.45, 2.75) is 19.5 Å². The molecule has 1 aliphatic rings. The van der Waals surface area contributed by atoms with Gasteiger partial charge in [0.1, 0.15) is 0 Å². The van der Waals surface area contributed by atoms with E-state index in [1.165, 1.54) is 0 Å². The molecule has 23 heavy (non-hydrogen) atoms. The highest BCUT2D eigenvalue weighted by atomic mass is 16.7. The first-order chi connectivity index (χ1) is 11.3. The Kier molecular flexibility index (Phi) is 5.06. The van der Waals surface area contributed by atoms with E-state index >= 15 is 0 Å². The van der Waals surface area contributed by atoms with Crippen LogP contribution in [0.2, 0.25) is 0 Å². The van der Waals surface area contributed by atoms with E-state index in [4.69, 9.17) is 9.47 Å². The first kappa shape index (κ1) is 15.3. The van der Waals surface area contributed by atoms with E-state index in [-0.39, 0.29) is 12.7 Å². The van der Waals surface area contributed by atoms with Crippen LogP contribution in [-0.4, -0.2) is 24.2 Å². The number of rotatable bonds is 7. The van der Waals surface area contributed by atoms with Crippen LogP contribution < -0.4 is 20.1 Å². The fourth-order valence-corrected chi connectivity index (χ4v) is 2.28. The van der Waals surface area contributed by atoms with E-state index in [0.29, 0.717) is 26.1 Å². The van der Waals surface area contributed by atoms with Gasteiger partial charge in [-0.3, -0.25) is 9.78 Å². The van der Waals surface area contributed by atoms with Crippen LogP contribution >= 0.6 is 0 Å². The molecule has 6 nitrogen and oxygen atoms in total. The number of nitrogens with zero attached hydrogens (tertiary/aromatic N) is 1. The van der Waals surface area contributed by atoms with Crippen LogP contribution in [0.1, 0.15) is 17.5 Å². The third kappa shape index (κ3) is 4.43. The number of benzene rings is 1. The largest absolute Gasteiger partial charge is 0.454 e. The highest BCUT2D eigenvalue weighted by Gasteiger charge is 2.13. The normalized spacial score (nSPS) is 12.2. The van der Waals surface area contributed by atoms with Crippen molar-refractivity contribution >= 4 is 5.91 Å². The number of pyridine rings is 1. The molecule has 0 spiro atoms. The topological polar surface area (TPSA) is 72.5 Å². The zero-order valence-corrected chi connectivity index (χ0v) is 12.7. The SMILES string of the molecule is O=C(CCNCc1cccnc1)NCc1ccc2c(c1)OCO2. The molecular weight excluding hydrogens is 294 g/mol. The number of amides is 1. The van der Waals surface area contributed by atoms with Gasteiger partial charge < -0.3 is 20.1 Å². The molecule has 3 rings (SSSR count). The number of carbonyl (C=O) groups excluding carboxylic acids is 1. The summed E-state index contributed by atoms with van der Waals surface area (Å²) in [6.45, 7) is 2.08.